The van der Waals surface area contributed by atoms with Crippen LogP contribution in [0.15, 0.2) is 42.5 Å². The third kappa shape index (κ3) is 2.68. The Bertz CT molecular complexity index is 945. The number of nitrogens with zero attached hydrogens (tertiary/aromatic N) is 2. The first-order valence-corrected chi connectivity index (χ1v) is 8.86. The first-order chi connectivity index (χ1) is 12.8. The van der Waals surface area contributed by atoms with Gasteiger partial charge in [0, 0.05) is 13.1 Å². The van der Waals surface area contributed by atoms with Gasteiger partial charge in [0.1, 0.15) is 5.75 Å². The highest BCUT2D eigenvalue weighted by molar-refractivity contribution is 6.21. The van der Waals surface area contributed by atoms with Gasteiger partial charge in [-0.3, -0.25) is 19.3 Å². The van der Waals surface area contributed by atoms with E-state index in [0.717, 1.165) is 5.56 Å². The van der Waals surface area contributed by atoms with Gasteiger partial charge in [0.05, 0.1) is 16.8 Å². The van der Waals surface area contributed by atoms with Gasteiger partial charge in [-0.05, 0) is 50.6 Å². The molecule has 6 heteroatoms. The van der Waals surface area contributed by atoms with Crippen LogP contribution in [0, 0.1) is 6.92 Å². The lowest BCUT2D eigenvalue weighted by molar-refractivity contribution is -0.132. The zero-order valence-corrected chi connectivity index (χ0v) is 15.5. The fraction of sp³-hybridized carbons (Fsp3) is 0.286. The molecule has 6 nitrogen and oxygen atoms in total. The summed E-state index contributed by atoms with van der Waals surface area (Å²) in [5.74, 6) is -0.218. The molecule has 0 unspecified atom stereocenters. The summed E-state index contributed by atoms with van der Waals surface area (Å²) in [5, 5.41) is 0. The molecule has 2 aliphatic heterocycles. The second-order valence-electron chi connectivity index (χ2n) is 7.35. The smallest absolute Gasteiger partial charge is 0.270 e. The Labute approximate surface area is 157 Å². The van der Waals surface area contributed by atoms with Crippen LogP contribution in [0.5, 0.6) is 5.75 Å². The highest BCUT2D eigenvalue weighted by Gasteiger charge is 2.42. The standard InChI is InChI=1S/C21H20N2O4/c1-13-8-9-17-16(12-13)22(20(26)21(2,3)27-17)10-11-23-18(24)14-6-4-5-7-15(14)19(23)25/h4-9,12H,10-11H2,1-3H3. The number of carbonyl (C=O) groups excluding carboxylic acids is 3. The molecule has 0 fully saturated rings. The molecule has 0 N–H and O–H groups in total. The molecule has 0 aliphatic carbocycles. The summed E-state index contributed by atoms with van der Waals surface area (Å²) in [6, 6.07) is 12.4. The van der Waals surface area contributed by atoms with Crippen LogP contribution in [-0.4, -0.2) is 41.3 Å². The molecule has 0 saturated carbocycles. The van der Waals surface area contributed by atoms with Gasteiger partial charge < -0.3 is 9.64 Å². The van der Waals surface area contributed by atoms with E-state index < -0.39 is 5.60 Å². The van der Waals surface area contributed by atoms with Crippen LogP contribution in [0.2, 0.25) is 0 Å². The Hall–Kier alpha value is -3.15. The lowest BCUT2D eigenvalue weighted by Crippen LogP contribution is -2.54. The number of imide groups is 1. The molecule has 0 spiro atoms. The van der Waals surface area contributed by atoms with Crippen molar-refractivity contribution in [3.63, 3.8) is 0 Å². The minimum absolute atomic E-state index is 0.127. The van der Waals surface area contributed by atoms with Crippen LogP contribution in [0.4, 0.5) is 5.69 Å². The minimum Gasteiger partial charge on any atom is -0.476 e. The highest BCUT2D eigenvalue weighted by atomic mass is 16.5. The lowest BCUT2D eigenvalue weighted by atomic mass is 10.0. The number of amides is 3. The third-order valence-electron chi connectivity index (χ3n) is 4.96. The van der Waals surface area contributed by atoms with E-state index in [9.17, 15) is 14.4 Å². The first kappa shape index (κ1) is 17.3. The predicted molar refractivity (Wildman–Crippen MR) is 100 cm³/mol. The molecule has 3 amide bonds. The van der Waals surface area contributed by atoms with Gasteiger partial charge in [0.2, 0.25) is 0 Å². The fourth-order valence-electron chi connectivity index (χ4n) is 3.54. The number of benzene rings is 2. The number of fused-ring (bicyclic) bond motifs is 2. The second kappa shape index (κ2) is 5.94. The van der Waals surface area contributed by atoms with Gasteiger partial charge in [-0.25, -0.2) is 0 Å². The molecule has 2 aromatic carbocycles. The number of hydrogen-bond acceptors (Lipinski definition) is 4. The third-order valence-corrected chi connectivity index (χ3v) is 4.96. The fourth-order valence-corrected chi connectivity index (χ4v) is 3.54. The molecule has 2 heterocycles. The molecule has 0 saturated heterocycles. The Morgan fingerprint density at radius 1 is 0.889 bits per heavy atom. The van der Waals surface area contributed by atoms with E-state index in [-0.39, 0.29) is 30.8 Å². The number of ether oxygens (including phenoxy) is 1. The maximum atomic E-state index is 12.9. The Kier molecular flexibility index (Phi) is 3.80. The van der Waals surface area contributed by atoms with Gasteiger partial charge in [-0.1, -0.05) is 18.2 Å². The van der Waals surface area contributed by atoms with Crippen molar-refractivity contribution in [2.75, 3.05) is 18.0 Å². The molecule has 0 aromatic heterocycles. The molecule has 2 aromatic rings. The first-order valence-electron chi connectivity index (χ1n) is 8.86. The normalized spacial score (nSPS) is 17.7. The van der Waals surface area contributed by atoms with Gasteiger partial charge in [0.15, 0.2) is 5.60 Å². The minimum atomic E-state index is -1.01. The molecule has 2 aliphatic rings. The molecular formula is C21H20N2O4. The highest BCUT2D eigenvalue weighted by Crippen LogP contribution is 2.38. The Morgan fingerprint density at radius 2 is 1.48 bits per heavy atom. The van der Waals surface area contributed by atoms with E-state index in [4.69, 9.17) is 4.74 Å². The number of aryl methyl sites for hydroxylation is 1. The van der Waals surface area contributed by atoms with Crippen molar-refractivity contribution in [2.45, 2.75) is 26.4 Å². The summed E-state index contributed by atoms with van der Waals surface area (Å²) < 4.78 is 5.84. The summed E-state index contributed by atoms with van der Waals surface area (Å²) in [5.41, 5.74) is 1.47. The molecule has 138 valence electrons. The summed E-state index contributed by atoms with van der Waals surface area (Å²) in [6.07, 6.45) is 0. The lowest BCUT2D eigenvalue weighted by Gasteiger charge is -2.39. The van der Waals surface area contributed by atoms with Crippen LogP contribution in [-0.2, 0) is 4.79 Å². The van der Waals surface area contributed by atoms with E-state index in [1.165, 1.54) is 4.90 Å². The molecular weight excluding hydrogens is 344 g/mol. The molecule has 27 heavy (non-hydrogen) atoms. The van der Waals surface area contributed by atoms with Crippen LogP contribution in [0.1, 0.15) is 40.1 Å². The van der Waals surface area contributed by atoms with Gasteiger partial charge in [0.25, 0.3) is 17.7 Å². The van der Waals surface area contributed by atoms with Crippen molar-refractivity contribution in [2.24, 2.45) is 0 Å². The van der Waals surface area contributed by atoms with Crippen molar-refractivity contribution in [3.8, 4) is 5.75 Å². The Balaban J connectivity index is 1.62. The number of anilines is 1. The molecule has 0 radical (unpaired) electrons. The topological polar surface area (TPSA) is 66.9 Å². The van der Waals surface area contributed by atoms with Crippen LogP contribution < -0.4 is 9.64 Å². The average Bonchev–Trinajstić information content (AvgIpc) is 2.88. The van der Waals surface area contributed by atoms with Crippen molar-refractivity contribution < 1.29 is 19.1 Å². The van der Waals surface area contributed by atoms with Gasteiger partial charge in [-0.2, -0.15) is 0 Å². The Morgan fingerprint density at radius 3 is 2.11 bits per heavy atom. The number of carbonyl (C=O) groups is 3. The van der Waals surface area contributed by atoms with Crippen molar-refractivity contribution in [1.82, 2.24) is 4.90 Å². The van der Waals surface area contributed by atoms with Gasteiger partial charge in [-0.15, -0.1) is 0 Å². The summed E-state index contributed by atoms with van der Waals surface area (Å²) >= 11 is 0. The largest absolute Gasteiger partial charge is 0.476 e. The predicted octanol–water partition coefficient (Wildman–Crippen LogP) is 2.80. The number of hydrogen-bond donors (Lipinski definition) is 0. The zero-order chi connectivity index (χ0) is 19.3. The van der Waals surface area contributed by atoms with E-state index in [1.54, 1.807) is 43.0 Å². The van der Waals surface area contributed by atoms with E-state index in [2.05, 4.69) is 0 Å². The van der Waals surface area contributed by atoms with Crippen molar-refractivity contribution >= 4 is 23.4 Å². The maximum Gasteiger partial charge on any atom is 0.270 e. The van der Waals surface area contributed by atoms with Gasteiger partial charge >= 0.3 is 0 Å². The van der Waals surface area contributed by atoms with Crippen LogP contribution >= 0.6 is 0 Å². The van der Waals surface area contributed by atoms with E-state index in [0.29, 0.717) is 22.6 Å². The van der Waals surface area contributed by atoms with E-state index >= 15 is 0 Å². The van der Waals surface area contributed by atoms with Crippen molar-refractivity contribution in [3.05, 3.63) is 59.2 Å². The second-order valence-corrected chi connectivity index (χ2v) is 7.35. The summed E-state index contributed by atoms with van der Waals surface area (Å²) in [6.45, 7) is 5.71. The van der Waals surface area contributed by atoms with E-state index in [1.807, 2.05) is 25.1 Å². The number of rotatable bonds is 3. The molecule has 0 bridgehead atoms. The summed E-state index contributed by atoms with van der Waals surface area (Å²) in [7, 11) is 0. The SMILES string of the molecule is Cc1ccc2c(c1)N(CCN1C(=O)c3ccccc3C1=O)C(=O)C(C)(C)O2. The monoisotopic (exact) mass is 364 g/mol. The van der Waals surface area contributed by atoms with Crippen molar-refractivity contribution in [1.29, 1.82) is 0 Å². The average molecular weight is 364 g/mol. The zero-order valence-electron chi connectivity index (χ0n) is 15.5. The summed E-state index contributed by atoms with van der Waals surface area (Å²) in [4.78, 5) is 40.9. The molecule has 0 atom stereocenters. The van der Waals surface area contributed by atoms with Crippen LogP contribution in [0.3, 0.4) is 0 Å². The quantitative estimate of drug-likeness (QED) is 0.786. The molecule has 4 rings (SSSR count). The maximum absolute atomic E-state index is 12.9. The van der Waals surface area contributed by atoms with Crippen LogP contribution in [0.25, 0.3) is 0 Å².